The van der Waals surface area contributed by atoms with E-state index < -0.39 is 0 Å². The molecule has 21 heavy (non-hydrogen) atoms. The van der Waals surface area contributed by atoms with Crippen LogP contribution in [0.2, 0.25) is 0 Å². The predicted octanol–water partition coefficient (Wildman–Crippen LogP) is 4.66. The van der Waals surface area contributed by atoms with Gasteiger partial charge in [0.25, 0.3) is 0 Å². The smallest absolute Gasteiger partial charge is 0.147 e. The van der Waals surface area contributed by atoms with Crippen LogP contribution in [0.5, 0.6) is 5.75 Å². The molecule has 1 unspecified atom stereocenters. The standard InChI is InChI=1S/C16H23Br2NO2/c1-4-20-15-13(17)7-11(8-14(15)18)10-19-12-5-6-21-16(2,3)9-12/h7-8,12,19H,4-6,9-10H2,1-3H3. The highest BCUT2D eigenvalue weighted by molar-refractivity contribution is 9.11. The Balaban J connectivity index is 1.97. The van der Waals surface area contributed by atoms with Crippen molar-refractivity contribution in [2.75, 3.05) is 13.2 Å². The zero-order valence-corrected chi connectivity index (χ0v) is 16.0. The van der Waals surface area contributed by atoms with Gasteiger partial charge in [0.15, 0.2) is 0 Å². The highest BCUT2D eigenvalue weighted by Gasteiger charge is 2.28. The van der Waals surface area contributed by atoms with E-state index in [0.717, 1.165) is 40.7 Å². The van der Waals surface area contributed by atoms with Crippen molar-refractivity contribution in [2.45, 2.75) is 51.8 Å². The Labute approximate surface area is 144 Å². The Hall–Kier alpha value is -0.100. The Kier molecular flexibility index (Phi) is 6.12. The highest BCUT2D eigenvalue weighted by Crippen LogP contribution is 2.35. The lowest BCUT2D eigenvalue weighted by Crippen LogP contribution is -2.43. The summed E-state index contributed by atoms with van der Waals surface area (Å²) in [5.41, 5.74) is 1.22. The van der Waals surface area contributed by atoms with E-state index in [2.05, 4.69) is 63.2 Å². The fourth-order valence-corrected chi connectivity index (χ4v) is 4.18. The van der Waals surface area contributed by atoms with Gasteiger partial charge in [-0.1, -0.05) is 0 Å². The molecule has 0 saturated carbocycles. The fourth-order valence-electron chi connectivity index (χ4n) is 2.66. The molecular weight excluding hydrogens is 398 g/mol. The first-order valence-electron chi connectivity index (χ1n) is 7.39. The molecule has 1 saturated heterocycles. The van der Waals surface area contributed by atoms with Crippen LogP contribution in [0.15, 0.2) is 21.1 Å². The maximum atomic E-state index is 5.76. The van der Waals surface area contributed by atoms with Gasteiger partial charge in [-0.15, -0.1) is 0 Å². The topological polar surface area (TPSA) is 30.5 Å². The second kappa shape index (κ2) is 7.44. The fraction of sp³-hybridized carbons (Fsp3) is 0.625. The highest BCUT2D eigenvalue weighted by atomic mass is 79.9. The summed E-state index contributed by atoms with van der Waals surface area (Å²) in [7, 11) is 0. The normalized spacial score (nSPS) is 21.3. The number of ether oxygens (including phenoxy) is 2. The summed E-state index contributed by atoms with van der Waals surface area (Å²) in [6.07, 6.45) is 2.12. The molecule has 1 aliphatic rings. The van der Waals surface area contributed by atoms with Crippen molar-refractivity contribution in [3.8, 4) is 5.75 Å². The van der Waals surface area contributed by atoms with Crippen molar-refractivity contribution in [3.63, 3.8) is 0 Å². The van der Waals surface area contributed by atoms with E-state index >= 15 is 0 Å². The van der Waals surface area contributed by atoms with Crippen LogP contribution in [-0.4, -0.2) is 24.9 Å². The Morgan fingerprint density at radius 1 is 1.33 bits per heavy atom. The van der Waals surface area contributed by atoms with Crippen LogP contribution < -0.4 is 10.1 Å². The minimum absolute atomic E-state index is 0.0179. The van der Waals surface area contributed by atoms with Gasteiger partial charge in [-0.25, -0.2) is 0 Å². The Morgan fingerprint density at radius 3 is 2.57 bits per heavy atom. The van der Waals surface area contributed by atoms with Gasteiger partial charge in [0.05, 0.1) is 21.2 Å². The van der Waals surface area contributed by atoms with Gasteiger partial charge >= 0.3 is 0 Å². The van der Waals surface area contributed by atoms with Crippen LogP contribution >= 0.6 is 31.9 Å². The molecule has 0 aromatic heterocycles. The molecule has 1 heterocycles. The van der Waals surface area contributed by atoms with E-state index in [1.54, 1.807) is 0 Å². The number of hydrogen-bond donors (Lipinski definition) is 1. The van der Waals surface area contributed by atoms with Gasteiger partial charge in [0.2, 0.25) is 0 Å². The average molecular weight is 421 g/mol. The summed E-state index contributed by atoms with van der Waals surface area (Å²) in [4.78, 5) is 0. The Morgan fingerprint density at radius 2 is 2.00 bits per heavy atom. The zero-order chi connectivity index (χ0) is 15.5. The molecule has 1 aromatic carbocycles. The van der Waals surface area contributed by atoms with Crippen molar-refractivity contribution < 1.29 is 9.47 Å². The summed E-state index contributed by atoms with van der Waals surface area (Å²) < 4.78 is 13.3. The molecule has 0 radical (unpaired) electrons. The Bertz CT molecular complexity index is 468. The van der Waals surface area contributed by atoms with Gasteiger partial charge < -0.3 is 14.8 Å². The molecule has 1 N–H and O–H groups in total. The largest absolute Gasteiger partial charge is 0.492 e. The van der Waals surface area contributed by atoms with Crippen LogP contribution in [-0.2, 0) is 11.3 Å². The molecule has 0 amide bonds. The SMILES string of the molecule is CCOc1c(Br)cc(CNC2CCOC(C)(C)C2)cc1Br. The first kappa shape index (κ1) is 17.3. The van der Waals surface area contributed by atoms with Gasteiger partial charge in [-0.3, -0.25) is 0 Å². The van der Waals surface area contributed by atoms with Crippen LogP contribution in [0.1, 0.15) is 39.2 Å². The molecule has 2 rings (SSSR count). The number of rotatable bonds is 5. The van der Waals surface area contributed by atoms with Crippen molar-refractivity contribution in [2.24, 2.45) is 0 Å². The molecule has 0 bridgehead atoms. The quantitative estimate of drug-likeness (QED) is 0.751. The van der Waals surface area contributed by atoms with Crippen LogP contribution in [0.3, 0.4) is 0 Å². The minimum atomic E-state index is -0.0179. The molecule has 5 heteroatoms. The molecule has 1 aliphatic heterocycles. The molecule has 1 atom stereocenters. The second-order valence-corrected chi connectivity index (χ2v) is 7.71. The van der Waals surface area contributed by atoms with Crippen molar-refractivity contribution in [3.05, 3.63) is 26.6 Å². The first-order valence-corrected chi connectivity index (χ1v) is 8.98. The zero-order valence-electron chi connectivity index (χ0n) is 12.8. The van der Waals surface area contributed by atoms with Gasteiger partial charge in [0, 0.05) is 19.2 Å². The molecule has 0 aliphatic carbocycles. The van der Waals surface area contributed by atoms with Gasteiger partial charge in [0.1, 0.15) is 5.75 Å². The van der Waals surface area contributed by atoms with Crippen LogP contribution in [0.4, 0.5) is 0 Å². The lowest BCUT2D eigenvalue weighted by atomic mass is 9.94. The van der Waals surface area contributed by atoms with E-state index in [1.807, 2.05) is 6.92 Å². The minimum Gasteiger partial charge on any atom is -0.492 e. The second-order valence-electron chi connectivity index (χ2n) is 6.00. The van der Waals surface area contributed by atoms with E-state index in [-0.39, 0.29) is 5.60 Å². The number of hydrogen-bond acceptors (Lipinski definition) is 3. The van der Waals surface area contributed by atoms with Crippen LogP contribution in [0.25, 0.3) is 0 Å². The van der Waals surface area contributed by atoms with E-state index in [1.165, 1.54) is 5.56 Å². The number of nitrogens with one attached hydrogen (secondary N) is 1. The third-order valence-corrected chi connectivity index (χ3v) is 4.82. The van der Waals surface area contributed by atoms with E-state index in [9.17, 15) is 0 Å². The van der Waals surface area contributed by atoms with E-state index in [0.29, 0.717) is 12.6 Å². The van der Waals surface area contributed by atoms with Crippen molar-refractivity contribution in [1.29, 1.82) is 0 Å². The van der Waals surface area contributed by atoms with Crippen LogP contribution in [0, 0.1) is 0 Å². The molecule has 1 fully saturated rings. The molecular formula is C16H23Br2NO2. The van der Waals surface area contributed by atoms with Gasteiger partial charge in [-0.2, -0.15) is 0 Å². The average Bonchev–Trinajstić information content (AvgIpc) is 2.39. The number of halogens is 2. The predicted molar refractivity (Wildman–Crippen MR) is 92.9 cm³/mol. The third kappa shape index (κ3) is 4.95. The lowest BCUT2D eigenvalue weighted by molar-refractivity contribution is -0.0630. The molecule has 3 nitrogen and oxygen atoms in total. The third-order valence-electron chi connectivity index (χ3n) is 3.64. The molecule has 118 valence electrons. The lowest BCUT2D eigenvalue weighted by Gasteiger charge is -2.36. The maximum Gasteiger partial charge on any atom is 0.147 e. The summed E-state index contributed by atoms with van der Waals surface area (Å²) in [6.45, 7) is 8.65. The summed E-state index contributed by atoms with van der Waals surface area (Å²) in [6, 6.07) is 4.75. The van der Waals surface area contributed by atoms with Gasteiger partial charge in [-0.05, 0) is 83.2 Å². The first-order chi connectivity index (χ1) is 9.91. The maximum absolute atomic E-state index is 5.76. The summed E-state index contributed by atoms with van der Waals surface area (Å²) in [5.74, 6) is 0.869. The monoisotopic (exact) mass is 419 g/mol. The summed E-state index contributed by atoms with van der Waals surface area (Å²) in [5, 5.41) is 3.64. The van der Waals surface area contributed by atoms with E-state index in [4.69, 9.17) is 9.47 Å². The molecule has 1 aromatic rings. The van der Waals surface area contributed by atoms with Crippen molar-refractivity contribution >= 4 is 31.9 Å². The number of benzene rings is 1. The molecule has 0 spiro atoms. The van der Waals surface area contributed by atoms with Crippen molar-refractivity contribution in [1.82, 2.24) is 5.32 Å². The summed E-state index contributed by atoms with van der Waals surface area (Å²) >= 11 is 7.16.